The Morgan fingerprint density at radius 2 is 1.53 bits per heavy atom. The molecular weight excluding hydrogens is 412 g/mol. The Morgan fingerprint density at radius 1 is 0.969 bits per heavy atom. The van der Waals surface area contributed by atoms with Gasteiger partial charge in [0, 0.05) is 35.1 Å². The third-order valence-corrected chi connectivity index (χ3v) is 4.31. The summed E-state index contributed by atoms with van der Waals surface area (Å²) in [5.41, 5.74) is 1.77. The molecule has 1 atom stereocenters. The molecular formula is C23H38N4O5. The minimum atomic E-state index is -0.795. The molecule has 3 N–H and O–H groups in total. The van der Waals surface area contributed by atoms with Crippen LogP contribution in [0, 0.1) is 0 Å². The second-order valence-electron chi connectivity index (χ2n) is 7.22. The molecule has 0 radical (unpaired) electrons. The Balaban J connectivity index is -0.00000162. The van der Waals surface area contributed by atoms with Crippen molar-refractivity contribution in [3.05, 3.63) is 42.0 Å². The molecule has 1 aliphatic heterocycles. The second kappa shape index (κ2) is 13.7. The maximum Gasteiger partial charge on any atom is 0.253 e. The number of benzene rings is 1. The molecule has 0 spiro atoms. The summed E-state index contributed by atoms with van der Waals surface area (Å²) >= 11 is 0. The number of hydrogen-bond acceptors (Lipinski definition) is 5. The van der Waals surface area contributed by atoms with E-state index in [1.165, 1.54) is 13.3 Å². The SMILES string of the molecule is CCC.CCc1ccc(NC(=O)[C@H](C)NC(=O)CNC(=O)CCN2C(=O)C=CC2=O)cc1.[HH].[HH].[HH]. The fraction of sp³-hybridized carbons (Fsp3) is 0.435. The Hall–Kier alpha value is -3.49. The molecule has 2 rings (SSSR count). The smallest absolute Gasteiger partial charge is 0.253 e. The third-order valence-electron chi connectivity index (χ3n) is 4.31. The number of carbonyl (C=O) groups excluding carboxylic acids is 5. The van der Waals surface area contributed by atoms with Gasteiger partial charge in [-0.1, -0.05) is 39.3 Å². The molecule has 1 heterocycles. The number of nitrogens with zero attached hydrogens (tertiary/aromatic N) is 1. The Kier molecular flexibility index (Phi) is 11.4. The summed E-state index contributed by atoms with van der Waals surface area (Å²) in [6.07, 6.45) is 4.31. The van der Waals surface area contributed by atoms with Crippen LogP contribution in [0.2, 0.25) is 0 Å². The van der Waals surface area contributed by atoms with Gasteiger partial charge in [0.05, 0.1) is 6.54 Å². The molecule has 32 heavy (non-hydrogen) atoms. The second-order valence-corrected chi connectivity index (χ2v) is 7.22. The van der Waals surface area contributed by atoms with Crippen LogP contribution in [0.5, 0.6) is 0 Å². The third kappa shape index (κ3) is 9.11. The van der Waals surface area contributed by atoms with Gasteiger partial charge in [-0.15, -0.1) is 0 Å². The Bertz CT molecular complexity index is 845. The first-order chi connectivity index (χ1) is 15.2. The van der Waals surface area contributed by atoms with Crippen molar-refractivity contribution in [2.24, 2.45) is 0 Å². The first-order valence-corrected chi connectivity index (χ1v) is 10.7. The van der Waals surface area contributed by atoms with Crippen molar-refractivity contribution in [1.29, 1.82) is 0 Å². The number of aryl methyl sites for hydroxylation is 1. The quantitative estimate of drug-likeness (QED) is 0.498. The van der Waals surface area contributed by atoms with Gasteiger partial charge in [-0.3, -0.25) is 28.9 Å². The van der Waals surface area contributed by atoms with Crippen LogP contribution in [0.25, 0.3) is 0 Å². The van der Waals surface area contributed by atoms with Crippen molar-refractivity contribution < 1.29 is 28.3 Å². The number of anilines is 1. The van der Waals surface area contributed by atoms with Crippen LogP contribution < -0.4 is 16.0 Å². The van der Waals surface area contributed by atoms with Crippen LogP contribution in [0.1, 0.15) is 50.4 Å². The molecule has 0 unspecified atom stereocenters. The molecule has 180 valence electrons. The molecule has 0 aromatic heterocycles. The van der Waals surface area contributed by atoms with Gasteiger partial charge >= 0.3 is 0 Å². The zero-order valence-corrected chi connectivity index (χ0v) is 19.1. The predicted molar refractivity (Wildman–Crippen MR) is 128 cm³/mol. The predicted octanol–water partition coefficient (Wildman–Crippen LogP) is 2.28. The molecule has 1 aromatic carbocycles. The van der Waals surface area contributed by atoms with E-state index < -0.39 is 29.7 Å². The van der Waals surface area contributed by atoms with E-state index in [9.17, 15) is 24.0 Å². The molecule has 1 aromatic rings. The van der Waals surface area contributed by atoms with Crippen molar-refractivity contribution in [3.63, 3.8) is 0 Å². The minimum Gasteiger partial charge on any atom is -0.347 e. The first-order valence-electron chi connectivity index (χ1n) is 10.7. The van der Waals surface area contributed by atoms with E-state index in [0.29, 0.717) is 5.69 Å². The number of imide groups is 1. The van der Waals surface area contributed by atoms with Crippen LogP contribution in [-0.4, -0.2) is 53.6 Å². The fourth-order valence-corrected chi connectivity index (χ4v) is 2.56. The number of amides is 5. The summed E-state index contributed by atoms with van der Waals surface area (Å²) in [4.78, 5) is 59.6. The summed E-state index contributed by atoms with van der Waals surface area (Å²) < 4.78 is 0. The molecule has 0 fully saturated rings. The van der Waals surface area contributed by atoms with E-state index in [2.05, 4.69) is 29.8 Å². The molecule has 0 aliphatic carbocycles. The van der Waals surface area contributed by atoms with Crippen LogP contribution >= 0.6 is 0 Å². The number of carbonyl (C=O) groups is 5. The number of nitrogens with one attached hydrogen (secondary N) is 3. The van der Waals surface area contributed by atoms with Crippen LogP contribution in [-0.2, 0) is 30.4 Å². The zero-order valence-electron chi connectivity index (χ0n) is 19.1. The van der Waals surface area contributed by atoms with E-state index in [4.69, 9.17) is 0 Å². The van der Waals surface area contributed by atoms with Crippen LogP contribution in [0.3, 0.4) is 0 Å². The monoisotopic (exact) mass is 450 g/mol. The van der Waals surface area contributed by atoms with Crippen molar-refractivity contribution in [2.45, 2.75) is 53.0 Å². The summed E-state index contributed by atoms with van der Waals surface area (Å²) in [6.45, 7) is 7.44. The lowest BCUT2D eigenvalue weighted by atomic mass is 10.1. The normalized spacial score (nSPS) is 13.2. The van der Waals surface area contributed by atoms with Crippen molar-refractivity contribution in [1.82, 2.24) is 15.5 Å². The number of hydrogen-bond donors (Lipinski definition) is 3. The molecule has 0 saturated heterocycles. The fourth-order valence-electron chi connectivity index (χ4n) is 2.56. The van der Waals surface area contributed by atoms with Gasteiger partial charge < -0.3 is 16.0 Å². The zero-order chi connectivity index (χ0) is 24.1. The van der Waals surface area contributed by atoms with Gasteiger partial charge in [0.2, 0.25) is 17.7 Å². The van der Waals surface area contributed by atoms with E-state index in [1.807, 2.05) is 19.1 Å². The molecule has 0 bridgehead atoms. The lowest BCUT2D eigenvalue weighted by Gasteiger charge is -2.15. The van der Waals surface area contributed by atoms with Gasteiger partial charge in [-0.25, -0.2) is 0 Å². The lowest BCUT2D eigenvalue weighted by Crippen LogP contribution is -2.46. The van der Waals surface area contributed by atoms with E-state index >= 15 is 0 Å². The maximum absolute atomic E-state index is 12.2. The van der Waals surface area contributed by atoms with Gasteiger partial charge in [-0.05, 0) is 31.0 Å². The summed E-state index contributed by atoms with van der Waals surface area (Å²) in [5.74, 6) is -2.33. The highest BCUT2D eigenvalue weighted by Crippen LogP contribution is 2.10. The van der Waals surface area contributed by atoms with Crippen molar-refractivity contribution in [3.8, 4) is 0 Å². The molecule has 1 aliphatic rings. The van der Waals surface area contributed by atoms with Gasteiger partial charge in [0.15, 0.2) is 0 Å². The highest BCUT2D eigenvalue weighted by Gasteiger charge is 2.23. The number of rotatable bonds is 9. The molecule has 5 amide bonds. The van der Waals surface area contributed by atoms with E-state index in [1.54, 1.807) is 12.1 Å². The average molecular weight is 451 g/mol. The van der Waals surface area contributed by atoms with E-state index in [0.717, 1.165) is 29.0 Å². The molecule has 0 saturated carbocycles. The largest absolute Gasteiger partial charge is 0.347 e. The topological polar surface area (TPSA) is 125 Å². The van der Waals surface area contributed by atoms with Crippen LogP contribution in [0.4, 0.5) is 5.69 Å². The Labute approximate surface area is 193 Å². The summed E-state index contributed by atoms with van der Waals surface area (Å²) in [6, 6.07) is 6.60. The standard InChI is InChI=1S/C20H24N4O5.C3H8.3H2/c1-3-14-4-6-15(7-5-14)23-20(29)13(2)22-17(26)12-21-16(25)10-11-24-18(27)8-9-19(24)28;1-3-2;;;/h4-9,13H,3,10-12H2,1-2H3,(H,21,25)(H,22,26)(H,23,29);3H2,1-2H3;3*1H/t13-;;;;/m0..../s1. The van der Waals surface area contributed by atoms with E-state index in [-0.39, 0.29) is 29.7 Å². The molecule has 9 nitrogen and oxygen atoms in total. The Morgan fingerprint density at radius 3 is 2.06 bits per heavy atom. The lowest BCUT2D eigenvalue weighted by molar-refractivity contribution is -0.137. The highest BCUT2D eigenvalue weighted by atomic mass is 16.2. The van der Waals surface area contributed by atoms with Gasteiger partial charge in [-0.2, -0.15) is 0 Å². The summed E-state index contributed by atoms with van der Waals surface area (Å²) in [7, 11) is 0. The van der Waals surface area contributed by atoms with Crippen LogP contribution in [0.15, 0.2) is 36.4 Å². The van der Waals surface area contributed by atoms with Crippen molar-refractivity contribution in [2.75, 3.05) is 18.4 Å². The first kappa shape index (κ1) is 26.5. The maximum atomic E-state index is 12.2. The molecule has 9 heteroatoms. The van der Waals surface area contributed by atoms with Crippen molar-refractivity contribution >= 4 is 35.2 Å². The average Bonchev–Trinajstić information content (AvgIpc) is 3.09. The van der Waals surface area contributed by atoms with Gasteiger partial charge in [0.1, 0.15) is 6.04 Å². The minimum absolute atomic E-state index is 0. The summed E-state index contributed by atoms with van der Waals surface area (Å²) in [5, 5.41) is 7.59. The van der Waals surface area contributed by atoms with Gasteiger partial charge in [0.25, 0.3) is 11.8 Å². The highest BCUT2D eigenvalue weighted by molar-refractivity contribution is 6.13.